The molecule has 0 saturated carbocycles. The smallest absolute Gasteiger partial charge is 0.240 e. The molecule has 2 aromatic carbocycles. The lowest BCUT2D eigenvalue weighted by molar-refractivity contribution is -0.120. The number of rotatable bonds is 9. The van der Waals surface area contributed by atoms with Gasteiger partial charge in [-0.2, -0.15) is 0 Å². The second-order valence-corrected chi connectivity index (χ2v) is 7.22. The topological polar surface area (TPSA) is 84.5 Å². The van der Waals surface area contributed by atoms with Crippen LogP contribution in [0.2, 0.25) is 0 Å². The Bertz CT molecular complexity index is 821. The van der Waals surface area contributed by atoms with Crippen LogP contribution >= 0.6 is 0 Å². The Labute approximate surface area is 152 Å². The molecule has 0 radical (unpaired) electrons. The summed E-state index contributed by atoms with van der Waals surface area (Å²) in [6.07, 6.45) is 0.103. The average molecular weight is 380 g/mol. The molecule has 0 aliphatic carbocycles. The van der Waals surface area contributed by atoms with E-state index in [1.165, 1.54) is 36.4 Å². The zero-order valence-corrected chi connectivity index (χ0v) is 15.2. The molecule has 0 atom stereocenters. The van der Waals surface area contributed by atoms with Gasteiger partial charge in [0.1, 0.15) is 11.6 Å². The van der Waals surface area contributed by atoms with Gasteiger partial charge in [0.15, 0.2) is 0 Å². The Balaban J connectivity index is 1.77. The molecule has 0 spiro atoms. The Hall–Kier alpha value is -2.45. The van der Waals surface area contributed by atoms with Crippen LogP contribution in [0.5, 0.6) is 5.75 Å². The number of halogens is 1. The minimum absolute atomic E-state index is 0.0602. The Morgan fingerprint density at radius 2 is 1.69 bits per heavy atom. The largest absolute Gasteiger partial charge is 0.494 e. The molecule has 140 valence electrons. The lowest BCUT2D eigenvalue weighted by atomic mass is 10.1. The van der Waals surface area contributed by atoms with Crippen LogP contribution in [-0.4, -0.2) is 34.0 Å². The van der Waals surface area contributed by atoms with E-state index in [-0.39, 0.29) is 36.1 Å². The molecule has 2 rings (SSSR count). The van der Waals surface area contributed by atoms with Crippen LogP contribution in [0.4, 0.5) is 4.39 Å². The van der Waals surface area contributed by atoms with Crippen molar-refractivity contribution in [3.63, 3.8) is 0 Å². The van der Waals surface area contributed by atoms with E-state index in [9.17, 15) is 17.6 Å². The van der Waals surface area contributed by atoms with E-state index in [4.69, 9.17) is 4.74 Å². The van der Waals surface area contributed by atoms with Crippen LogP contribution in [0.15, 0.2) is 53.4 Å². The highest BCUT2D eigenvalue weighted by atomic mass is 32.2. The van der Waals surface area contributed by atoms with Crippen molar-refractivity contribution in [3.8, 4) is 5.75 Å². The highest BCUT2D eigenvalue weighted by Crippen LogP contribution is 2.15. The molecule has 0 fully saturated rings. The molecular weight excluding hydrogens is 359 g/mol. The number of carbonyl (C=O) groups is 1. The standard InChI is InChI=1S/C18H21FN2O4S/c1-2-25-16-7-9-17(10-8-16)26(23,24)21-12-11-20-18(22)13-14-3-5-15(19)6-4-14/h3-10,21H,2,11-13H2,1H3,(H,20,22). The van der Waals surface area contributed by atoms with Crippen LogP contribution in [0, 0.1) is 5.82 Å². The minimum atomic E-state index is -3.65. The van der Waals surface area contributed by atoms with E-state index >= 15 is 0 Å². The molecule has 2 N–H and O–H groups in total. The summed E-state index contributed by atoms with van der Waals surface area (Å²) in [5, 5.41) is 2.62. The summed E-state index contributed by atoms with van der Waals surface area (Å²) >= 11 is 0. The summed E-state index contributed by atoms with van der Waals surface area (Å²) in [5.74, 6) is -0.0331. The number of nitrogens with one attached hydrogen (secondary N) is 2. The monoisotopic (exact) mass is 380 g/mol. The number of hydrogen-bond acceptors (Lipinski definition) is 4. The fourth-order valence-corrected chi connectivity index (χ4v) is 3.23. The predicted molar refractivity (Wildman–Crippen MR) is 95.9 cm³/mol. The molecule has 0 saturated heterocycles. The van der Waals surface area contributed by atoms with E-state index in [1.807, 2.05) is 6.92 Å². The van der Waals surface area contributed by atoms with Crippen molar-refractivity contribution in [2.24, 2.45) is 0 Å². The molecule has 26 heavy (non-hydrogen) atoms. The van der Waals surface area contributed by atoms with Crippen LogP contribution in [-0.2, 0) is 21.2 Å². The molecule has 0 heterocycles. The van der Waals surface area contributed by atoms with Crippen molar-refractivity contribution in [2.75, 3.05) is 19.7 Å². The highest BCUT2D eigenvalue weighted by Gasteiger charge is 2.13. The molecule has 0 bridgehead atoms. The van der Waals surface area contributed by atoms with Gasteiger partial charge in [-0.1, -0.05) is 12.1 Å². The van der Waals surface area contributed by atoms with Gasteiger partial charge in [0.25, 0.3) is 0 Å². The Kier molecular flexibility index (Phi) is 7.11. The van der Waals surface area contributed by atoms with Crippen molar-refractivity contribution < 1.29 is 22.3 Å². The summed E-state index contributed by atoms with van der Waals surface area (Å²) in [4.78, 5) is 11.9. The van der Waals surface area contributed by atoms with E-state index in [1.54, 1.807) is 12.1 Å². The summed E-state index contributed by atoms with van der Waals surface area (Å²) in [6, 6.07) is 11.7. The lowest BCUT2D eigenvalue weighted by Crippen LogP contribution is -2.35. The minimum Gasteiger partial charge on any atom is -0.494 e. The Morgan fingerprint density at radius 3 is 2.31 bits per heavy atom. The molecule has 2 aromatic rings. The zero-order valence-electron chi connectivity index (χ0n) is 14.4. The van der Waals surface area contributed by atoms with E-state index < -0.39 is 10.0 Å². The van der Waals surface area contributed by atoms with Crippen LogP contribution in [0.3, 0.4) is 0 Å². The fourth-order valence-electron chi connectivity index (χ4n) is 2.20. The first kappa shape index (κ1) is 19.9. The summed E-state index contributed by atoms with van der Waals surface area (Å²) in [5.41, 5.74) is 0.680. The maximum atomic E-state index is 12.8. The SMILES string of the molecule is CCOc1ccc(S(=O)(=O)NCCNC(=O)Cc2ccc(F)cc2)cc1. The van der Waals surface area contributed by atoms with Crippen LogP contribution < -0.4 is 14.8 Å². The quantitative estimate of drug-likeness (QED) is 0.651. The predicted octanol–water partition coefficient (Wildman–Crippen LogP) is 1.86. The third-order valence-corrected chi connectivity index (χ3v) is 4.94. The molecule has 8 heteroatoms. The maximum Gasteiger partial charge on any atom is 0.240 e. The van der Waals surface area contributed by atoms with Crippen LogP contribution in [0.25, 0.3) is 0 Å². The summed E-state index contributed by atoms with van der Waals surface area (Å²) in [6.45, 7) is 2.56. The third kappa shape index (κ3) is 6.12. The second kappa shape index (κ2) is 9.30. The number of ether oxygens (including phenoxy) is 1. The fraction of sp³-hybridized carbons (Fsp3) is 0.278. The first-order chi connectivity index (χ1) is 12.4. The summed E-state index contributed by atoms with van der Waals surface area (Å²) < 4.78 is 44.8. The first-order valence-electron chi connectivity index (χ1n) is 8.14. The second-order valence-electron chi connectivity index (χ2n) is 5.46. The van der Waals surface area contributed by atoms with Gasteiger partial charge in [0.2, 0.25) is 15.9 Å². The van der Waals surface area contributed by atoms with Gasteiger partial charge in [0, 0.05) is 13.1 Å². The van der Waals surface area contributed by atoms with Crippen molar-refractivity contribution in [1.82, 2.24) is 10.0 Å². The van der Waals surface area contributed by atoms with Gasteiger partial charge in [-0.05, 0) is 48.9 Å². The molecule has 6 nitrogen and oxygen atoms in total. The van der Waals surface area contributed by atoms with Crippen molar-refractivity contribution in [2.45, 2.75) is 18.2 Å². The van der Waals surface area contributed by atoms with Gasteiger partial charge in [-0.3, -0.25) is 4.79 Å². The van der Waals surface area contributed by atoms with Crippen LogP contribution in [0.1, 0.15) is 12.5 Å². The third-order valence-electron chi connectivity index (χ3n) is 3.46. The number of benzene rings is 2. The van der Waals surface area contributed by atoms with E-state index in [2.05, 4.69) is 10.0 Å². The number of sulfonamides is 1. The Morgan fingerprint density at radius 1 is 1.04 bits per heavy atom. The first-order valence-corrected chi connectivity index (χ1v) is 9.62. The molecule has 0 aliphatic heterocycles. The molecule has 0 aromatic heterocycles. The number of amides is 1. The number of hydrogen-bond donors (Lipinski definition) is 2. The molecule has 0 unspecified atom stereocenters. The van der Waals surface area contributed by atoms with Gasteiger partial charge in [0.05, 0.1) is 17.9 Å². The van der Waals surface area contributed by atoms with Crippen molar-refractivity contribution in [1.29, 1.82) is 0 Å². The molecular formula is C18H21FN2O4S. The maximum absolute atomic E-state index is 12.8. The van der Waals surface area contributed by atoms with Gasteiger partial charge < -0.3 is 10.1 Å². The van der Waals surface area contributed by atoms with E-state index in [0.29, 0.717) is 17.9 Å². The van der Waals surface area contributed by atoms with Gasteiger partial charge in [-0.25, -0.2) is 17.5 Å². The lowest BCUT2D eigenvalue weighted by Gasteiger charge is -2.09. The summed E-state index contributed by atoms with van der Waals surface area (Å²) in [7, 11) is -3.65. The molecule has 0 aliphatic rings. The number of carbonyl (C=O) groups excluding carboxylic acids is 1. The van der Waals surface area contributed by atoms with Gasteiger partial charge >= 0.3 is 0 Å². The van der Waals surface area contributed by atoms with Crippen molar-refractivity contribution >= 4 is 15.9 Å². The van der Waals surface area contributed by atoms with Crippen molar-refractivity contribution in [3.05, 3.63) is 59.9 Å². The zero-order chi connectivity index (χ0) is 19.0. The highest BCUT2D eigenvalue weighted by molar-refractivity contribution is 7.89. The molecule has 1 amide bonds. The average Bonchev–Trinajstić information content (AvgIpc) is 2.62. The van der Waals surface area contributed by atoms with E-state index in [0.717, 1.165) is 0 Å². The normalized spacial score (nSPS) is 11.2. The van der Waals surface area contributed by atoms with Gasteiger partial charge in [-0.15, -0.1) is 0 Å².